The average molecular weight is 396 g/mol. The summed E-state index contributed by atoms with van der Waals surface area (Å²) in [6.45, 7) is -0.0570. The number of benzene rings is 2. The van der Waals surface area contributed by atoms with E-state index in [2.05, 4.69) is 5.32 Å². The van der Waals surface area contributed by atoms with Crippen molar-refractivity contribution in [2.45, 2.75) is 0 Å². The molecule has 0 aliphatic heterocycles. The van der Waals surface area contributed by atoms with E-state index in [0.29, 0.717) is 11.5 Å². The lowest BCUT2D eigenvalue weighted by atomic mass is 10.3. The number of para-hydroxylation sites is 2. The summed E-state index contributed by atoms with van der Waals surface area (Å²) in [5.41, 5.74) is 0.208. The summed E-state index contributed by atoms with van der Waals surface area (Å²) in [7, 11) is -2.18. The van der Waals surface area contributed by atoms with Crippen LogP contribution in [0.2, 0.25) is 0 Å². The number of halogens is 1. The molecule has 0 aromatic heterocycles. The number of hydrogen-bond acceptors (Lipinski definition) is 5. The van der Waals surface area contributed by atoms with Crippen LogP contribution in [0.3, 0.4) is 0 Å². The Hall–Kier alpha value is -2.81. The summed E-state index contributed by atoms with van der Waals surface area (Å²) >= 11 is 0. The molecule has 0 atom stereocenters. The van der Waals surface area contributed by atoms with Crippen molar-refractivity contribution in [1.82, 2.24) is 5.32 Å². The van der Waals surface area contributed by atoms with Crippen molar-refractivity contribution in [3.63, 3.8) is 0 Å². The fourth-order valence-corrected chi connectivity index (χ4v) is 3.14. The molecule has 0 radical (unpaired) electrons. The number of amides is 1. The minimum atomic E-state index is -3.71. The highest BCUT2D eigenvalue weighted by Gasteiger charge is 2.20. The van der Waals surface area contributed by atoms with Crippen molar-refractivity contribution in [2.75, 3.05) is 37.4 Å². The number of hydrogen-bond donors (Lipinski definition) is 1. The van der Waals surface area contributed by atoms with E-state index in [1.807, 2.05) is 6.07 Å². The molecule has 27 heavy (non-hydrogen) atoms. The van der Waals surface area contributed by atoms with E-state index in [9.17, 15) is 17.6 Å². The highest BCUT2D eigenvalue weighted by atomic mass is 32.2. The van der Waals surface area contributed by atoms with Crippen molar-refractivity contribution < 1.29 is 27.1 Å². The van der Waals surface area contributed by atoms with E-state index in [1.165, 1.54) is 19.2 Å². The van der Waals surface area contributed by atoms with Crippen LogP contribution >= 0.6 is 0 Å². The first-order valence-corrected chi connectivity index (χ1v) is 9.92. The third-order valence-electron chi connectivity index (χ3n) is 3.55. The van der Waals surface area contributed by atoms with Gasteiger partial charge in [0.2, 0.25) is 15.9 Å². The smallest absolute Gasteiger partial charge is 0.240 e. The molecule has 2 rings (SSSR count). The Bertz CT molecular complexity index is 872. The van der Waals surface area contributed by atoms with Gasteiger partial charge in [-0.25, -0.2) is 12.8 Å². The van der Waals surface area contributed by atoms with Crippen LogP contribution < -0.4 is 19.1 Å². The molecule has 0 saturated heterocycles. The second kappa shape index (κ2) is 9.22. The summed E-state index contributed by atoms with van der Waals surface area (Å²) in [6.07, 6.45) is 0.981. The molecule has 0 heterocycles. The van der Waals surface area contributed by atoms with Crippen LogP contribution in [0.5, 0.6) is 11.5 Å². The lowest BCUT2D eigenvalue weighted by Crippen LogP contribution is -2.41. The quantitative estimate of drug-likeness (QED) is 0.654. The van der Waals surface area contributed by atoms with E-state index in [0.717, 1.165) is 22.7 Å². The molecule has 9 heteroatoms. The molecule has 0 spiro atoms. The normalized spacial score (nSPS) is 10.9. The lowest BCUT2D eigenvalue weighted by molar-refractivity contribution is -0.119. The summed E-state index contributed by atoms with van der Waals surface area (Å²) in [6, 6.07) is 12.0. The molecule has 2 aromatic carbocycles. The van der Waals surface area contributed by atoms with E-state index >= 15 is 0 Å². The molecule has 0 fully saturated rings. The monoisotopic (exact) mass is 396 g/mol. The minimum absolute atomic E-state index is 0.178. The first-order chi connectivity index (χ1) is 12.8. The summed E-state index contributed by atoms with van der Waals surface area (Å²) in [4.78, 5) is 12.1. The Balaban J connectivity index is 1.90. The molecule has 146 valence electrons. The van der Waals surface area contributed by atoms with Gasteiger partial charge in [-0.2, -0.15) is 0 Å². The van der Waals surface area contributed by atoms with Crippen LogP contribution in [0.1, 0.15) is 0 Å². The van der Waals surface area contributed by atoms with E-state index in [4.69, 9.17) is 9.47 Å². The Morgan fingerprint density at radius 1 is 1.11 bits per heavy atom. The van der Waals surface area contributed by atoms with Gasteiger partial charge in [0.1, 0.15) is 19.0 Å². The van der Waals surface area contributed by atoms with Gasteiger partial charge in [0, 0.05) is 0 Å². The van der Waals surface area contributed by atoms with Gasteiger partial charge in [0.25, 0.3) is 0 Å². The summed E-state index contributed by atoms with van der Waals surface area (Å²) in [5.74, 6) is 0.111. The number of carbonyl (C=O) groups excluding carboxylic acids is 1. The molecule has 0 unspecified atom stereocenters. The second-order valence-corrected chi connectivity index (χ2v) is 7.50. The van der Waals surface area contributed by atoms with Gasteiger partial charge in [-0.3, -0.25) is 9.10 Å². The maximum atomic E-state index is 13.0. The Morgan fingerprint density at radius 2 is 1.74 bits per heavy atom. The molecule has 0 aliphatic rings. The number of carbonyl (C=O) groups is 1. The number of sulfonamides is 1. The zero-order valence-corrected chi connectivity index (χ0v) is 15.8. The van der Waals surface area contributed by atoms with Gasteiger partial charge < -0.3 is 14.8 Å². The SMILES string of the molecule is COc1ccccc1OCCNC(=O)CN(c1ccc(F)cc1)S(C)(=O)=O. The Labute approximate surface area is 157 Å². The third kappa shape index (κ3) is 6.14. The zero-order valence-electron chi connectivity index (χ0n) is 15.0. The van der Waals surface area contributed by atoms with Crippen LogP contribution in [0.4, 0.5) is 10.1 Å². The van der Waals surface area contributed by atoms with Crippen LogP contribution in [-0.2, 0) is 14.8 Å². The maximum Gasteiger partial charge on any atom is 0.240 e. The van der Waals surface area contributed by atoms with Crippen LogP contribution in [0.15, 0.2) is 48.5 Å². The first kappa shape index (κ1) is 20.5. The molecule has 0 aliphatic carbocycles. The van der Waals surface area contributed by atoms with Gasteiger partial charge >= 0.3 is 0 Å². The number of nitrogens with zero attached hydrogens (tertiary/aromatic N) is 1. The van der Waals surface area contributed by atoms with Crippen LogP contribution in [0.25, 0.3) is 0 Å². The molecule has 1 N–H and O–H groups in total. The van der Waals surface area contributed by atoms with E-state index in [1.54, 1.807) is 18.2 Å². The second-order valence-electron chi connectivity index (χ2n) is 5.60. The fourth-order valence-electron chi connectivity index (χ4n) is 2.28. The largest absolute Gasteiger partial charge is 0.493 e. The van der Waals surface area contributed by atoms with Crippen molar-refractivity contribution in [2.24, 2.45) is 0 Å². The number of anilines is 1. The predicted molar refractivity (Wildman–Crippen MR) is 100 cm³/mol. The fraction of sp³-hybridized carbons (Fsp3) is 0.278. The van der Waals surface area contributed by atoms with Gasteiger partial charge in [-0.05, 0) is 36.4 Å². The van der Waals surface area contributed by atoms with Gasteiger partial charge in [0.05, 0.1) is 25.6 Å². The number of methoxy groups -OCH3 is 1. The molecular weight excluding hydrogens is 375 g/mol. The number of nitrogens with one attached hydrogen (secondary N) is 1. The minimum Gasteiger partial charge on any atom is -0.493 e. The third-order valence-corrected chi connectivity index (χ3v) is 4.69. The highest BCUT2D eigenvalue weighted by molar-refractivity contribution is 7.92. The van der Waals surface area contributed by atoms with Crippen molar-refractivity contribution in [3.05, 3.63) is 54.3 Å². The number of rotatable bonds is 9. The maximum absolute atomic E-state index is 13.0. The van der Waals surface area contributed by atoms with Crippen LogP contribution in [0, 0.1) is 5.82 Å². The Morgan fingerprint density at radius 3 is 2.33 bits per heavy atom. The topological polar surface area (TPSA) is 84.9 Å². The molecular formula is C18H21FN2O5S. The number of ether oxygens (including phenoxy) is 2. The van der Waals surface area contributed by atoms with Crippen molar-refractivity contribution in [3.8, 4) is 11.5 Å². The highest BCUT2D eigenvalue weighted by Crippen LogP contribution is 2.25. The first-order valence-electron chi connectivity index (χ1n) is 8.07. The predicted octanol–water partition coefficient (Wildman–Crippen LogP) is 1.80. The van der Waals surface area contributed by atoms with Crippen LogP contribution in [-0.4, -0.2) is 47.4 Å². The Kier molecular flexibility index (Phi) is 7.00. The molecule has 7 nitrogen and oxygen atoms in total. The van der Waals surface area contributed by atoms with Crippen molar-refractivity contribution >= 4 is 21.6 Å². The molecule has 0 bridgehead atoms. The standard InChI is InChI=1S/C18H21FN2O5S/c1-25-16-5-3-4-6-17(16)26-12-11-20-18(22)13-21(27(2,23)24)15-9-7-14(19)8-10-15/h3-10H,11-13H2,1-2H3,(H,20,22). The summed E-state index contributed by atoms with van der Waals surface area (Å²) < 4.78 is 48.5. The molecule has 1 amide bonds. The molecule has 0 saturated carbocycles. The van der Waals surface area contributed by atoms with Gasteiger partial charge in [-0.1, -0.05) is 12.1 Å². The van der Waals surface area contributed by atoms with E-state index in [-0.39, 0.29) is 18.8 Å². The van der Waals surface area contributed by atoms with Gasteiger partial charge in [-0.15, -0.1) is 0 Å². The van der Waals surface area contributed by atoms with E-state index < -0.39 is 28.3 Å². The molecule has 2 aromatic rings. The lowest BCUT2D eigenvalue weighted by Gasteiger charge is -2.21. The average Bonchev–Trinajstić information content (AvgIpc) is 2.63. The zero-order chi connectivity index (χ0) is 19.9. The van der Waals surface area contributed by atoms with Gasteiger partial charge in [0.15, 0.2) is 11.5 Å². The summed E-state index contributed by atoms with van der Waals surface area (Å²) in [5, 5.41) is 2.59. The van der Waals surface area contributed by atoms with Crippen molar-refractivity contribution in [1.29, 1.82) is 0 Å².